The summed E-state index contributed by atoms with van der Waals surface area (Å²) in [6, 6.07) is 11.7. The minimum atomic E-state index is -0.279. The van der Waals surface area contributed by atoms with E-state index in [1.807, 2.05) is 23.1 Å². The second-order valence-corrected chi connectivity index (χ2v) is 6.63. The summed E-state index contributed by atoms with van der Waals surface area (Å²) in [7, 11) is 0. The lowest BCUT2D eigenvalue weighted by Crippen LogP contribution is -2.44. The Hall–Kier alpha value is -3.15. The van der Waals surface area contributed by atoms with Crippen LogP contribution in [0.5, 0.6) is 5.75 Å². The molecule has 5 nitrogen and oxygen atoms in total. The number of carbonyl (C=O) groups is 1. The summed E-state index contributed by atoms with van der Waals surface area (Å²) in [6.07, 6.45) is 6.94. The summed E-state index contributed by atoms with van der Waals surface area (Å²) >= 11 is 0. The van der Waals surface area contributed by atoms with Crippen LogP contribution < -0.4 is 4.74 Å². The number of amides is 1. The van der Waals surface area contributed by atoms with Gasteiger partial charge in [0, 0.05) is 25.1 Å². The molecule has 1 saturated heterocycles. The fourth-order valence-electron chi connectivity index (χ4n) is 3.33. The number of hydrogen-bond donors (Lipinski definition) is 1. The number of benzene rings is 1. The number of ether oxygens (including phenoxy) is 1. The van der Waals surface area contributed by atoms with Crippen LogP contribution in [-0.2, 0) is 0 Å². The van der Waals surface area contributed by atoms with Crippen molar-refractivity contribution in [3.63, 3.8) is 0 Å². The SMILES string of the molecule is O=C(c1cc(-c2ccc(F)cc2)c[nH]1)N1CCCC(Oc2ccncc2)C1. The van der Waals surface area contributed by atoms with Crippen LogP contribution in [0.25, 0.3) is 11.1 Å². The Balaban J connectivity index is 1.44. The van der Waals surface area contributed by atoms with Gasteiger partial charge in [-0.3, -0.25) is 9.78 Å². The molecule has 4 rings (SSSR count). The normalized spacial score (nSPS) is 16.9. The quantitative estimate of drug-likeness (QED) is 0.763. The molecule has 0 bridgehead atoms. The predicted molar refractivity (Wildman–Crippen MR) is 100.0 cm³/mol. The monoisotopic (exact) mass is 365 g/mol. The molecular weight excluding hydrogens is 345 g/mol. The van der Waals surface area contributed by atoms with Gasteiger partial charge in [-0.15, -0.1) is 0 Å². The fourth-order valence-corrected chi connectivity index (χ4v) is 3.33. The summed E-state index contributed by atoms with van der Waals surface area (Å²) in [5, 5.41) is 0. The largest absolute Gasteiger partial charge is 0.488 e. The molecule has 1 atom stereocenters. The first-order valence-corrected chi connectivity index (χ1v) is 8.99. The predicted octanol–water partition coefficient (Wildman–Crippen LogP) is 3.90. The van der Waals surface area contributed by atoms with E-state index in [0.29, 0.717) is 18.8 Å². The highest BCUT2D eigenvalue weighted by Crippen LogP contribution is 2.23. The molecule has 1 unspecified atom stereocenters. The highest BCUT2D eigenvalue weighted by Gasteiger charge is 2.26. The average Bonchev–Trinajstić information content (AvgIpc) is 3.19. The molecule has 0 saturated carbocycles. The summed E-state index contributed by atoms with van der Waals surface area (Å²) in [4.78, 5) is 21.7. The van der Waals surface area contributed by atoms with Crippen molar-refractivity contribution < 1.29 is 13.9 Å². The van der Waals surface area contributed by atoms with Gasteiger partial charge in [0.1, 0.15) is 23.4 Å². The Morgan fingerprint density at radius 2 is 1.93 bits per heavy atom. The van der Waals surface area contributed by atoms with E-state index in [1.54, 1.807) is 30.7 Å². The van der Waals surface area contributed by atoms with Gasteiger partial charge in [-0.25, -0.2) is 4.39 Å². The second-order valence-electron chi connectivity index (χ2n) is 6.63. The zero-order chi connectivity index (χ0) is 18.6. The molecule has 1 fully saturated rings. The van der Waals surface area contributed by atoms with Gasteiger partial charge in [-0.2, -0.15) is 0 Å². The van der Waals surface area contributed by atoms with E-state index in [-0.39, 0.29) is 17.8 Å². The minimum absolute atomic E-state index is 0.0309. The van der Waals surface area contributed by atoms with Crippen molar-refractivity contribution in [1.29, 1.82) is 0 Å². The van der Waals surface area contributed by atoms with Gasteiger partial charge in [0.2, 0.25) is 0 Å². The number of carbonyl (C=O) groups excluding carboxylic acids is 1. The van der Waals surface area contributed by atoms with Crippen molar-refractivity contribution in [2.75, 3.05) is 13.1 Å². The number of aromatic amines is 1. The van der Waals surface area contributed by atoms with Gasteiger partial charge in [0.05, 0.1) is 6.54 Å². The van der Waals surface area contributed by atoms with Crippen molar-refractivity contribution in [2.45, 2.75) is 18.9 Å². The van der Waals surface area contributed by atoms with E-state index in [4.69, 9.17) is 4.74 Å². The molecule has 1 amide bonds. The standard InChI is InChI=1S/C21H20FN3O2/c22-17-5-3-15(4-6-17)16-12-20(24-13-16)21(26)25-11-1-2-19(14-25)27-18-7-9-23-10-8-18/h3-10,12-13,19,24H,1-2,11,14H2. The molecule has 3 heterocycles. The first kappa shape index (κ1) is 17.3. The lowest BCUT2D eigenvalue weighted by atomic mass is 10.1. The van der Waals surface area contributed by atoms with Crippen LogP contribution in [0.3, 0.4) is 0 Å². The van der Waals surface area contributed by atoms with Crippen molar-refractivity contribution in [2.24, 2.45) is 0 Å². The number of hydrogen-bond acceptors (Lipinski definition) is 3. The van der Waals surface area contributed by atoms with Crippen LogP contribution in [0.1, 0.15) is 23.3 Å². The maximum absolute atomic E-state index is 13.1. The molecule has 0 aliphatic carbocycles. The number of pyridine rings is 1. The van der Waals surface area contributed by atoms with Gasteiger partial charge in [0.15, 0.2) is 0 Å². The van der Waals surface area contributed by atoms with E-state index < -0.39 is 0 Å². The number of H-pyrrole nitrogens is 1. The van der Waals surface area contributed by atoms with Crippen molar-refractivity contribution in [3.05, 3.63) is 72.6 Å². The van der Waals surface area contributed by atoms with Crippen molar-refractivity contribution in [1.82, 2.24) is 14.9 Å². The minimum Gasteiger partial charge on any atom is -0.488 e. The van der Waals surface area contributed by atoms with Crippen LogP contribution >= 0.6 is 0 Å². The molecule has 1 aliphatic rings. The molecule has 1 N–H and O–H groups in total. The van der Waals surface area contributed by atoms with Gasteiger partial charge in [0.25, 0.3) is 5.91 Å². The highest BCUT2D eigenvalue weighted by molar-refractivity contribution is 5.94. The molecule has 138 valence electrons. The van der Waals surface area contributed by atoms with Gasteiger partial charge in [-0.05, 0) is 54.3 Å². The third kappa shape index (κ3) is 4.00. The number of rotatable bonds is 4. The lowest BCUT2D eigenvalue weighted by molar-refractivity contribution is 0.0533. The number of aromatic nitrogens is 2. The van der Waals surface area contributed by atoms with Crippen LogP contribution in [0.4, 0.5) is 4.39 Å². The summed E-state index contributed by atoms with van der Waals surface area (Å²) in [6.45, 7) is 1.26. The highest BCUT2D eigenvalue weighted by atomic mass is 19.1. The van der Waals surface area contributed by atoms with Gasteiger partial charge >= 0.3 is 0 Å². The zero-order valence-corrected chi connectivity index (χ0v) is 14.8. The third-order valence-corrected chi connectivity index (χ3v) is 4.71. The molecule has 3 aromatic rings. The van der Waals surface area contributed by atoms with Crippen molar-refractivity contribution in [3.8, 4) is 16.9 Å². The van der Waals surface area contributed by atoms with Gasteiger partial charge in [-0.1, -0.05) is 12.1 Å². The Labute approximate surface area is 156 Å². The summed E-state index contributed by atoms with van der Waals surface area (Å²) in [5.41, 5.74) is 2.25. The van der Waals surface area contributed by atoms with Crippen LogP contribution in [0.2, 0.25) is 0 Å². The number of halogens is 1. The molecule has 6 heteroatoms. The Morgan fingerprint density at radius 3 is 2.70 bits per heavy atom. The van der Waals surface area contributed by atoms with Gasteiger partial charge < -0.3 is 14.6 Å². The maximum Gasteiger partial charge on any atom is 0.270 e. The van der Waals surface area contributed by atoms with E-state index in [9.17, 15) is 9.18 Å². The molecular formula is C21H20FN3O2. The maximum atomic E-state index is 13.1. The molecule has 1 aliphatic heterocycles. The number of piperidine rings is 1. The first-order chi connectivity index (χ1) is 13.2. The van der Waals surface area contributed by atoms with E-state index in [0.717, 1.165) is 29.7 Å². The van der Waals surface area contributed by atoms with E-state index >= 15 is 0 Å². The van der Waals surface area contributed by atoms with E-state index in [2.05, 4.69) is 9.97 Å². The smallest absolute Gasteiger partial charge is 0.270 e. The topological polar surface area (TPSA) is 58.2 Å². The van der Waals surface area contributed by atoms with E-state index in [1.165, 1.54) is 12.1 Å². The van der Waals surface area contributed by atoms with Crippen LogP contribution in [-0.4, -0.2) is 40.0 Å². The molecule has 2 aromatic heterocycles. The first-order valence-electron chi connectivity index (χ1n) is 8.99. The average molecular weight is 365 g/mol. The second kappa shape index (κ2) is 7.61. The third-order valence-electron chi connectivity index (χ3n) is 4.71. The molecule has 27 heavy (non-hydrogen) atoms. The van der Waals surface area contributed by atoms with Crippen LogP contribution in [0, 0.1) is 5.82 Å². The molecule has 0 radical (unpaired) electrons. The summed E-state index contributed by atoms with van der Waals surface area (Å²) < 4.78 is 19.1. The lowest BCUT2D eigenvalue weighted by Gasteiger charge is -2.32. The number of likely N-dealkylation sites (tertiary alicyclic amines) is 1. The molecule has 0 spiro atoms. The molecule has 1 aromatic carbocycles. The van der Waals surface area contributed by atoms with Crippen molar-refractivity contribution >= 4 is 5.91 Å². The Kier molecular flexibility index (Phi) is 4.87. The number of nitrogens with one attached hydrogen (secondary N) is 1. The Bertz CT molecular complexity index is 909. The Morgan fingerprint density at radius 1 is 1.15 bits per heavy atom. The number of nitrogens with zero attached hydrogens (tertiary/aromatic N) is 2. The van der Waals surface area contributed by atoms with Crippen LogP contribution in [0.15, 0.2) is 61.1 Å². The zero-order valence-electron chi connectivity index (χ0n) is 14.8. The fraction of sp³-hybridized carbons (Fsp3) is 0.238. The summed E-state index contributed by atoms with van der Waals surface area (Å²) in [5.74, 6) is 0.438.